The van der Waals surface area contributed by atoms with Gasteiger partial charge < -0.3 is 15.5 Å². The van der Waals surface area contributed by atoms with Gasteiger partial charge in [-0.3, -0.25) is 4.79 Å². The average Bonchev–Trinajstić information content (AvgIpc) is 2.71. The molecule has 0 radical (unpaired) electrons. The van der Waals surface area contributed by atoms with Gasteiger partial charge in [0.05, 0.1) is 0 Å². The van der Waals surface area contributed by atoms with Crippen molar-refractivity contribution in [2.45, 2.75) is 52.0 Å². The van der Waals surface area contributed by atoms with Crippen LogP contribution >= 0.6 is 0 Å². The highest BCUT2D eigenvalue weighted by molar-refractivity contribution is 5.95. The average molecular weight is 394 g/mol. The number of amides is 1. The summed E-state index contributed by atoms with van der Waals surface area (Å²) in [5, 5.41) is 6.40. The van der Waals surface area contributed by atoms with Crippen LogP contribution in [-0.4, -0.2) is 46.5 Å². The van der Waals surface area contributed by atoms with Gasteiger partial charge in [-0.05, 0) is 82.8 Å². The van der Waals surface area contributed by atoms with E-state index in [2.05, 4.69) is 25.5 Å². The lowest BCUT2D eigenvalue weighted by Gasteiger charge is -2.44. The van der Waals surface area contributed by atoms with E-state index in [-0.39, 0.29) is 5.91 Å². The van der Waals surface area contributed by atoms with Crippen molar-refractivity contribution in [2.75, 3.05) is 25.0 Å². The third kappa shape index (κ3) is 4.93. The summed E-state index contributed by atoms with van der Waals surface area (Å²) in [7, 11) is 0. The second kappa shape index (κ2) is 8.91. The number of anilines is 2. The summed E-state index contributed by atoms with van der Waals surface area (Å²) in [5.41, 5.74) is 3.31. The summed E-state index contributed by atoms with van der Waals surface area (Å²) in [5.74, 6) is 1.11. The van der Waals surface area contributed by atoms with Gasteiger partial charge >= 0.3 is 0 Å². The van der Waals surface area contributed by atoms with Crippen molar-refractivity contribution in [2.24, 2.45) is 5.92 Å². The number of carbonyl (C=O) groups excluding carboxylic acids is 1. The molecule has 2 atom stereocenters. The van der Waals surface area contributed by atoms with Crippen molar-refractivity contribution in [3.63, 3.8) is 0 Å². The molecule has 2 aliphatic heterocycles. The zero-order valence-corrected chi connectivity index (χ0v) is 17.4. The molecule has 4 rings (SSSR count). The molecule has 3 heterocycles. The molecule has 2 saturated heterocycles. The van der Waals surface area contributed by atoms with Crippen molar-refractivity contribution in [1.29, 1.82) is 0 Å². The summed E-state index contributed by atoms with van der Waals surface area (Å²) >= 11 is 0. The van der Waals surface area contributed by atoms with Crippen LogP contribution in [0.25, 0.3) is 0 Å². The molecule has 2 N–H and O–H groups in total. The summed E-state index contributed by atoms with van der Waals surface area (Å²) < 4.78 is 0. The predicted octanol–water partition coefficient (Wildman–Crippen LogP) is 3.83. The fourth-order valence-corrected chi connectivity index (χ4v) is 4.79. The highest BCUT2D eigenvalue weighted by atomic mass is 16.1. The van der Waals surface area contributed by atoms with Gasteiger partial charge in [-0.1, -0.05) is 12.5 Å². The molecule has 1 aromatic carbocycles. The van der Waals surface area contributed by atoms with Gasteiger partial charge in [-0.25, -0.2) is 9.97 Å². The summed E-state index contributed by atoms with van der Waals surface area (Å²) in [6.45, 7) is 7.11. The molecule has 6 heteroatoms. The minimum absolute atomic E-state index is 0.0112. The Hall–Kier alpha value is -2.47. The van der Waals surface area contributed by atoms with Crippen molar-refractivity contribution in [1.82, 2.24) is 20.2 Å². The van der Waals surface area contributed by atoms with Crippen LogP contribution in [-0.2, 0) is 0 Å². The highest BCUT2D eigenvalue weighted by Crippen LogP contribution is 2.30. The number of benzene rings is 1. The fraction of sp³-hybridized carbons (Fsp3) is 0.522. The molecule has 2 fully saturated rings. The highest BCUT2D eigenvalue weighted by Gasteiger charge is 2.32. The molecule has 1 aromatic heterocycles. The first-order chi connectivity index (χ1) is 14.1. The first kappa shape index (κ1) is 19.8. The Labute approximate surface area is 173 Å². The van der Waals surface area contributed by atoms with E-state index in [0.717, 1.165) is 23.6 Å². The van der Waals surface area contributed by atoms with Crippen LogP contribution in [0.5, 0.6) is 0 Å². The van der Waals surface area contributed by atoms with Gasteiger partial charge in [-0.15, -0.1) is 0 Å². The number of rotatable bonds is 5. The molecule has 0 aliphatic carbocycles. The van der Waals surface area contributed by atoms with Gasteiger partial charge in [0.1, 0.15) is 0 Å². The van der Waals surface area contributed by atoms with Crippen LogP contribution in [0.15, 0.2) is 30.3 Å². The van der Waals surface area contributed by atoms with Crippen molar-refractivity contribution < 1.29 is 4.79 Å². The third-order valence-corrected chi connectivity index (χ3v) is 6.12. The van der Waals surface area contributed by atoms with Gasteiger partial charge in [-0.2, -0.15) is 0 Å². The summed E-state index contributed by atoms with van der Waals surface area (Å²) in [6.07, 6.45) is 6.37. The fourth-order valence-electron chi connectivity index (χ4n) is 4.79. The van der Waals surface area contributed by atoms with Gasteiger partial charge in [0.15, 0.2) is 0 Å². The minimum Gasteiger partial charge on any atom is -0.352 e. The second-order valence-electron chi connectivity index (χ2n) is 8.39. The number of piperidine rings is 2. The van der Waals surface area contributed by atoms with Gasteiger partial charge in [0, 0.05) is 35.2 Å². The molecule has 29 heavy (non-hydrogen) atoms. The van der Waals surface area contributed by atoms with E-state index in [1.807, 2.05) is 44.2 Å². The largest absolute Gasteiger partial charge is 0.352 e. The van der Waals surface area contributed by atoms with E-state index < -0.39 is 0 Å². The Morgan fingerprint density at radius 2 is 1.86 bits per heavy atom. The SMILES string of the molecule is Cc1cc(C)nc(Nc2cccc(C(=O)NCC3CCCN4CCCCC34)c2)n1. The molecular weight excluding hydrogens is 362 g/mol. The molecule has 0 saturated carbocycles. The number of hydrogen-bond donors (Lipinski definition) is 2. The maximum atomic E-state index is 12.8. The van der Waals surface area contributed by atoms with Gasteiger partial charge in [0.2, 0.25) is 5.95 Å². The zero-order chi connectivity index (χ0) is 20.2. The molecular formula is C23H31N5O. The predicted molar refractivity (Wildman–Crippen MR) is 115 cm³/mol. The van der Waals surface area contributed by atoms with Crippen LogP contribution in [0, 0.1) is 19.8 Å². The van der Waals surface area contributed by atoms with Crippen LogP contribution in [0.1, 0.15) is 53.8 Å². The second-order valence-corrected chi connectivity index (χ2v) is 8.39. The number of aromatic nitrogens is 2. The van der Waals surface area contributed by atoms with E-state index in [1.165, 1.54) is 45.2 Å². The van der Waals surface area contributed by atoms with E-state index in [4.69, 9.17) is 0 Å². The molecule has 1 amide bonds. The molecule has 0 bridgehead atoms. The standard InChI is InChI=1S/C23H31N5O/c1-16-13-17(2)26-23(25-16)27-20-9-5-7-18(14-20)22(29)24-15-19-8-6-12-28-11-4-3-10-21(19)28/h5,7,9,13-14,19,21H,3-4,6,8,10-12,15H2,1-2H3,(H,24,29)(H,25,26,27). The Balaban J connectivity index is 1.38. The van der Waals surface area contributed by atoms with Crippen LogP contribution in [0.2, 0.25) is 0 Å². The summed E-state index contributed by atoms with van der Waals surface area (Å²) in [6, 6.07) is 10.1. The first-order valence-electron chi connectivity index (χ1n) is 10.8. The third-order valence-electron chi connectivity index (χ3n) is 6.12. The number of nitrogens with one attached hydrogen (secondary N) is 2. The van der Waals surface area contributed by atoms with Crippen LogP contribution in [0.4, 0.5) is 11.6 Å². The number of carbonyl (C=O) groups is 1. The van der Waals surface area contributed by atoms with Crippen molar-refractivity contribution in [3.05, 3.63) is 47.3 Å². The number of fused-ring (bicyclic) bond motifs is 1. The number of nitrogens with zero attached hydrogens (tertiary/aromatic N) is 3. The molecule has 0 spiro atoms. The summed E-state index contributed by atoms with van der Waals surface area (Å²) in [4.78, 5) is 24.2. The van der Waals surface area contributed by atoms with E-state index in [9.17, 15) is 4.79 Å². The van der Waals surface area contributed by atoms with Gasteiger partial charge in [0.25, 0.3) is 5.91 Å². The maximum Gasteiger partial charge on any atom is 0.251 e. The van der Waals surface area contributed by atoms with E-state index >= 15 is 0 Å². The Bertz CT molecular complexity index is 846. The van der Waals surface area contributed by atoms with Crippen molar-refractivity contribution in [3.8, 4) is 0 Å². The number of aryl methyl sites for hydroxylation is 2. The zero-order valence-electron chi connectivity index (χ0n) is 17.4. The normalized spacial score (nSPS) is 22.0. The lowest BCUT2D eigenvalue weighted by molar-refractivity contribution is 0.0575. The lowest BCUT2D eigenvalue weighted by Crippen LogP contribution is -2.51. The molecule has 154 valence electrons. The monoisotopic (exact) mass is 393 g/mol. The smallest absolute Gasteiger partial charge is 0.251 e. The van der Waals surface area contributed by atoms with Crippen LogP contribution in [0.3, 0.4) is 0 Å². The van der Waals surface area contributed by atoms with E-state index in [0.29, 0.717) is 23.5 Å². The topological polar surface area (TPSA) is 70.2 Å². The van der Waals surface area contributed by atoms with Crippen LogP contribution < -0.4 is 10.6 Å². The minimum atomic E-state index is -0.0112. The Morgan fingerprint density at radius 1 is 1.07 bits per heavy atom. The maximum absolute atomic E-state index is 12.8. The quantitative estimate of drug-likeness (QED) is 0.808. The molecule has 2 aliphatic rings. The Morgan fingerprint density at radius 3 is 2.69 bits per heavy atom. The lowest BCUT2D eigenvalue weighted by atomic mass is 9.83. The van der Waals surface area contributed by atoms with E-state index in [1.54, 1.807) is 0 Å². The van der Waals surface area contributed by atoms with Crippen molar-refractivity contribution >= 4 is 17.5 Å². The molecule has 6 nitrogen and oxygen atoms in total. The molecule has 2 unspecified atom stereocenters. The Kier molecular flexibility index (Phi) is 6.09. The first-order valence-corrected chi connectivity index (χ1v) is 10.8. The number of hydrogen-bond acceptors (Lipinski definition) is 5. The molecule has 2 aromatic rings.